The zero-order valence-electron chi connectivity index (χ0n) is 30.0. The van der Waals surface area contributed by atoms with Crippen molar-refractivity contribution in [1.82, 2.24) is 0 Å². The fraction of sp³-hybridized carbons (Fsp3) is 0.0588. The molecule has 0 spiro atoms. The van der Waals surface area contributed by atoms with Crippen molar-refractivity contribution in [2.75, 3.05) is 4.90 Å². The Hall–Kier alpha value is -6.84. The molecule has 1 aliphatic carbocycles. The molecule has 0 atom stereocenters. The van der Waals surface area contributed by atoms with Crippen molar-refractivity contribution < 1.29 is 8.83 Å². The Morgan fingerprint density at radius 3 is 1.59 bits per heavy atom. The average Bonchev–Trinajstić information content (AvgIpc) is 3.46. The fourth-order valence-electron chi connectivity index (χ4n) is 9.07. The van der Waals surface area contributed by atoms with Crippen molar-refractivity contribution in [3.8, 4) is 11.1 Å². The molecule has 1 aliphatic rings. The van der Waals surface area contributed by atoms with Crippen LogP contribution in [0.1, 0.15) is 25.0 Å². The molecule has 0 fully saturated rings. The molecular weight excluding hydrogens is 659 g/mol. The van der Waals surface area contributed by atoms with Gasteiger partial charge in [0.25, 0.3) is 0 Å². The van der Waals surface area contributed by atoms with Crippen LogP contribution in [0.4, 0.5) is 17.1 Å². The standard InChI is InChI=1S/C51H35NO2/c1-51(2)41-25-13-12-24-40(41)48-42(51)26-14-27-43(48)52(32-16-4-3-5-17-32)44-28-15-29-45-49(44)53-46-31-30-39-37-22-9-8-20-35(37)33-18-6-7-19-34(33)36-21-10-11-23-38(36)47(39)50(46)54-45/h3-31H,1-2H3. The topological polar surface area (TPSA) is 29.5 Å². The van der Waals surface area contributed by atoms with E-state index in [9.17, 15) is 0 Å². The third kappa shape index (κ3) is 4.36. The summed E-state index contributed by atoms with van der Waals surface area (Å²) in [5, 5.41) is 9.19. The zero-order valence-corrected chi connectivity index (χ0v) is 30.0. The van der Waals surface area contributed by atoms with Crippen LogP contribution in [-0.2, 0) is 5.41 Å². The first-order chi connectivity index (χ1) is 26.6. The summed E-state index contributed by atoms with van der Waals surface area (Å²) in [7, 11) is 0. The minimum absolute atomic E-state index is 0.134. The van der Waals surface area contributed by atoms with Gasteiger partial charge in [0, 0.05) is 22.1 Å². The summed E-state index contributed by atoms with van der Waals surface area (Å²) in [6.45, 7) is 4.65. The van der Waals surface area contributed by atoms with Gasteiger partial charge in [0.15, 0.2) is 22.3 Å². The lowest BCUT2D eigenvalue weighted by Crippen LogP contribution is -2.16. The van der Waals surface area contributed by atoms with Crippen LogP contribution in [0, 0.1) is 0 Å². The van der Waals surface area contributed by atoms with Crippen molar-refractivity contribution in [1.29, 1.82) is 0 Å². The summed E-state index contributed by atoms with van der Waals surface area (Å²) < 4.78 is 14.2. The van der Waals surface area contributed by atoms with Gasteiger partial charge in [-0.15, -0.1) is 0 Å². The summed E-state index contributed by atoms with van der Waals surface area (Å²) in [6.07, 6.45) is 0. The largest absolute Gasteiger partial charge is 0.449 e. The van der Waals surface area contributed by atoms with Crippen molar-refractivity contribution in [3.63, 3.8) is 0 Å². The molecule has 0 N–H and O–H groups in total. The van der Waals surface area contributed by atoms with Gasteiger partial charge >= 0.3 is 0 Å². The van der Waals surface area contributed by atoms with E-state index >= 15 is 0 Å². The zero-order chi connectivity index (χ0) is 36.0. The van der Waals surface area contributed by atoms with E-state index in [0.717, 1.165) is 49.6 Å². The van der Waals surface area contributed by atoms with Crippen molar-refractivity contribution in [2.24, 2.45) is 0 Å². The van der Waals surface area contributed by atoms with E-state index in [4.69, 9.17) is 8.83 Å². The minimum Gasteiger partial charge on any atom is -0.449 e. The molecule has 9 aromatic carbocycles. The second-order valence-corrected chi connectivity index (χ2v) is 14.8. The van der Waals surface area contributed by atoms with Gasteiger partial charge < -0.3 is 13.7 Å². The number of fused-ring (bicyclic) bond motifs is 14. The number of hydrogen-bond donors (Lipinski definition) is 0. The Morgan fingerprint density at radius 2 is 0.889 bits per heavy atom. The summed E-state index contributed by atoms with van der Waals surface area (Å²) in [4.78, 5) is 2.33. The summed E-state index contributed by atoms with van der Waals surface area (Å²) >= 11 is 0. The number of nitrogens with zero attached hydrogens (tertiary/aromatic N) is 1. The quantitative estimate of drug-likeness (QED) is 0.173. The Labute approximate surface area is 312 Å². The highest BCUT2D eigenvalue weighted by molar-refractivity contribution is 6.29. The molecule has 10 aromatic rings. The first-order valence-electron chi connectivity index (χ1n) is 18.6. The lowest BCUT2D eigenvalue weighted by atomic mass is 9.82. The number of benzene rings is 8. The van der Waals surface area contributed by atoms with E-state index < -0.39 is 0 Å². The van der Waals surface area contributed by atoms with Gasteiger partial charge in [-0.2, -0.15) is 0 Å². The molecular formula is C51H35NO2. The highest BCUT2D eigenvalue weighted by Gasteiger charge is 2.38. The predicted molar refractivity (Wildman–Crippen MR) is 226 cm³/mol. The van der Waals surface area contributed by atoms with Gasteiger partial charge in [0.1, 0.15) is 0 Å². The minimum atomic E-state index is -0.134. The summed E-state index contributed by atoms with van der Waals surface area (Å²) in [5.41, 5.74) is 10.8. The molecule has 3 nitrogen and oxygen atoms in total. The molecule has 0 unspecified atom stereocenters. The van der Waals surface area contributed by atoms with Crippen LogP contribution in [0.25, 0.3) is 76.5 Å². The number of para-hydroxylation sites is 2. The van der Waals surface area contributed by atoms with Crippen LogP contribution in [0.15, 0.2) is 185 Å². The predicted octanol–water partition coefficient (Wildman–Crippen LogP) is 14.7. The SMILES string of the molecule is CC1(C)c2ccccc2-c2c(N(c3ccccc3)c3cccc4oc5c(ccc6c7ccccc7c7ccccc7c7ccccc7c65)oc34)cccc21. The number of rotatable bonds is 3. The first-order valence-corrected chi connectivity index (χ1v) is 18.6. The molecule has 0 radical (unpaired) electrons. The van der Waals surface area contributed by atoms with Gasteiger partial charge in [0.2, 0.25) is 0 Å². The van der Waals surface area contributed by atoms with Crippen molar-refractivity contribution >= 4 is 82.5 Å². The monoisotopic (exact) mass is 693 g/mol. The average molecular weight is 694 g/mol. The third-order valence-electron chi connectivity index (χ3n) is 11.5. The van der Waals surface area contributed by atoms with E-state index in [1.807, 2.05) is 6.07 Å². The number of anilines is 3. The second-order valence-electron chi connectivity index (χ2n) is 14.8. The summed E-state index contributed by atoms with van der Waals surface area (Å²) in [5.74, 6) is 0. The van der Waals surface area contributed by atoms with Crippen LogP contribution >= 0.6 is 0 Å². The van der Waals surface area contributed by atoms with Crippen molar-refractivity contribution in [2.45, 2.75) is 19.3 Å². The maximum absolute atomic E-state index is 7.12. The highest BCUT2D eigenvalue weighted by atomic mass is 16.4. The first kappa shape index (κ1) is 30.8. The van der Waals surface area contributed by atoms with Gasteiger partial charge in [-0.3, -0.25) is 0 Å². The van der Waals surface area contributed by atoms with Crippen LogP contribution in [0.3, 0.4) is 0 Å². The molecule has 3 heteroatoms. The van der Waals surface area contributed by atoms with Crippen molar-refractivity contribution in [3.05, 3.63) is 187 Å². The Kier molecular flexibility index (Phi) is 6.60. The Bertz CT molecular complexity index is 3150. The van der Waals surface area contributed by atoms with E-state index in [2.05, 4.69) is 189 Å². The van der Waals surface area contributed by atoms with Gasteiger partial charge in [-0.25, -0.2) is 0 Å². The summed E-state index contributed by atoms with van der Waals surface area (Å²) in [6, 6.07) is 62.7. The van der Waals surface area contributed by atoms with Crippen LogP contribution in [0.5, 0.6) is 0 Å². The maximum atomic E-state index is 7.12. The molecule has 1 heterocycles. The van der Waals surface area contributed by atoms with Gasteiger partial charge in [0.05, 0.1) is 11.4 Å². The van der Waals surface area contributed by atoms with E-state index in [1.54, 1.807) is 0 Å². The Morgan fingerprint density at radius 1 is 0.389 bits per heavy atom. The molecule has 54 heavy (non-hydrogen) atoms. The normalized spacial score (nSPS) is 13.1. The van der Waals surface area contributed by atoms with Crippen LogP contribution in [0.2, 0.25) is 0 Å². The third-order valence-corrected chi connectivity index (χ3v) is 11.5. The Balaban J connectivity index is 1.25. The van der Waals surface area contributed by atoms with E-state index in [-0.39, 0.29) is 5.41 Å². The molecule has 0 amide bonds. The lowest BCUT2D eigenvalue weighted by molar-refractivity contribution is 0.585. The van der Waals surface area contributed by atoms with Gasteiger partial charge in [-0.1, -0.05) is 147 Å². The van der Waals surface area contributed by atoms with Gasteiger partial charge in [-0.05, 0) is 96.9 Å². The molecule has 1 aromatic heterocycles. The number of hydrogen-bond acceptors (Lipinski definition) is 3. The maximum Gasteiger partial charge on any atom is 0.194 e. The molecule has 0 saturated carbocycles. The molecule has 11 rings (SSSR count). The van der Waals surface area contributed by atoms with Crippen LogP contribution < -0.4 is 4.90 Å². The lowest BCUT2D eigenvalue weighted by Gasteiger charge is -2.29. The second kappa shape index (κ2) is 11.6. The molecule has 0 saturated heterocycles. The van der Waals surface area contributed by atoms with E-state index in [1.165, 1.54) is 38.4 Å². The fourth-order valence-corrected chi connectivity index (χ4v) is 9.07. The smallest absolute Gasteiger partial charge is 0.194 e. The highest BCUT2D eigenvalue weighted by Crippen LogP contribution is 2.54. The van der Waals surface area contributed by atoms with Crippen LogP contribution in [-0.4, -0.2) is 0 Å². The van der Waals surface area contributed by atoms with E-state index in [0.29, 0.717) is 16.7 Å². The molecule has 0 bridgehead atoms. The molecule has 0 aliphatic heterocycles. The molecule has 256 valence electrons.